The second-order valence-corrected chi connectivity index (χ2v) is 6.75. The summed E-state index contributed by atoms with van der Waals surface area (Å²) in [6.45, 7) is 0. The maximum atomic E-state index is 11.7. The zero-order valence-electron chi connectivity index (χ0n) is 13.0. The molecule has 2 rings (SSSR count). The number of hydrogen-bond donors (Lipinski definition) is 2. The van der Waals surface area contributed by atoms with E-state index in [1.807, 2.05) is 24.3 Å². The smallest absolute Gasteiger partial charge is 0.250 e. The first-order chi connectivity index (χ1) is 11.6. The number of hydrogen-bond acceptors (Lipinski definition) is 5. The number of carbonyl (C=O) groups excluding carboxylic acids is 1. The molecule has 0 saturated heterocycles. The lowest BCUT2D eigenvalue weighted by Crippen LogP contribution is -2.19. The number of rotatable bonds is 7. The van der Waals surface area contributed by atoms with Gasteiger partial charge in [0.15, 0.2) is 11.5 Å². The van der Waals surface area contributed by atoms with Crippen LogP contribution < -0.4 is 10.2 Å². The summed E-state index contributed by atoms with van der Waals surface area (Å²) in [5, 5.41) is 13.4. The fourth-order valence-corrected chi connectivity index (χ4v) is 3.09. The highest BCUT2D eigenvalue weighted by molar-refractivity contribution is 9.10. The molecule has 0 unspecified atom stereocenters. The summed E-state index contributed by atoms with van der Waals surface area (Å²) in [5.41, 5.74) is 4.35. The van der Waals surface area contributed by atoms with Crippen LogP contribution in [-0.2, 0) is 10.5 Å². The Bertz CT molecular complexity index is 738. The second-order valence-electron chi connectivity index (χ2n) is 4.85. The summed E-state index contributed by atoms with van der Waals surface area (Å²) >= 11 is 4.94. The Morgan fingerprint density at radius 2 is 2.21 bits per heavy atom. The average Bonchev–Trinajstić information content (AvgIpc) is 2.56. The molecule has 0 aliphatic heterocycles. The van der Waals surface area contributed by atoms with E-state index >= 15 is 0 Å². The SMILES string of the molecule is COc1cc(/C=N\NC(=O)CSCc2cccc(Br)c2)ccc1O. The fraction of sp³-hybridized carbons (Fsp3) is 0.176. The van der Waals surface area contributed by atoms with Gasteiger partial charge in [-0.3, -0.25) is 4.79 Å². The predicted molar refractivity (Wildman–Crippen MR) is 101 cm³/mol. The number of hydrazone groups is 1. The molecule has 0 atom stereocenters. The first kappa shape index (κ1) is 18.4. The van der Waals surface area contributed by atoms with Crippen molar-refractivity contribution in [1.29, 1.82) is 0 Å². The topological polar surface area (TPSA) is 70.9 Å². The van der Waals surface area contributed by atoms with Crippen LogP contribution in [-0.4, -0.2) is 30.1 Å². The maximum Gasteiger partial charge on any atom is 0.250 e. The van der Waals surface area contributed by atoms with Gasteiger partial charge in [-0.1, -0.05) is 28.1 Å². The molecule has 0 bridgehead atoms. The zero-order valence-corrected chi connectivity index (χ0v) is 15.4. The number of amides is 1. The summed E-state index contributed by atoms with van der Waals surface area (Å²) in [7, 11) is 1.47. The third-order valence-corrected chi connectivity index (χ3v) is 4.49. The molecular formula is C17H17BrN2O3S. The van der Waals surface area contributed by atoms with Crippen LogP contribution in [0.25, 0.3) is 0 Å². The van der Waals surface area contributed by atoms with Gasteiger partial charge in [0.1, 0.15) is 0 Å². The van der Waals surface area contributed by atoms with Gasteiger partial charge in [0.25, 0.3) is 0 Å². The van der Waals surface area contributed by atoms with Crippen LogP contribution in [0.5, 0.6) is 11.5 Å². The zero-order chi connectivity index (χ0) is 17.4. The molecule has 0 heterocycles. The predicted octanol–water partition coefficient (Wildman–Crippen LogP) is 3.55. The number of phenols is 1. The number of nitrogens with one attached hydrogen (secondary N) is 1. The number of aromatic hydroxyl groups is 1. The summed E-state index contributed by atoms with van der Waals surface area (Å²) < 4.78 is 6.04. The van der Waals surface area contributed by atoms with E-state index in [0.29, 0.717) is 17.1 Å². The minimum absolute atomic E-state index is 0.0580. The number of ether oxygens (including phenoxy) is 1. The Balaban J connectivity index is 1.76. The van der Waals surface area contributed by atoms with Gasteiger partial charge in [0.05, 0.1) is 19.1 Å². The Labute approximate surface area is 153 Å². The standard InChI is InChI=1S/C17H17BrN2O3S/c1-23-16-8-12(5-6-15(16)21)9-19-20-17(22)11-24-10-13-3-2-4-14(18)7-13/h2-9,21H,10-11H2,1H3,(H,20,22)/b19-9-. The van der Waals surface area contributed by atoms with Crippen molar-refractivity contribution in [2.75, 3.05) is 12.9 Å². The minimum atomic E-state index is -0.169. The van der Waals surface area contributed by atoms with Crippen LogP contribution in [0.3, 0.4) is 0 Å². The van der Waals surface area contributed by atoms with Gasteiger partial charge in [-0.05, 0) is 41.5 Å². The molecule has 2 N–H and O–H groups in total. The van der Waals surface area contributed by atoms with Crippen molar-refractivity contribution in [2.24, 2.45) is 5.10 Å². The van der Waals surface area contributed by atoms with Crippen molar-refractivity contribution in [3.63, 3.8) is 0 Å². The Morgan fingerprint density at radius 3 is 2.96 bits per heavy atom. The van der Waals surface area contributed by atoms with Crippen molar-refractivity contribution in [3.8, 4) is 11.5 Å². The van der Waals surface area contributed by atoms with Crippen LogP contribution in [0.2, 0.25) is 0 Å². The summed E-state index contributed by atoms with van der Waals surface area (Å²) in [6.07, 6.45) is 1.50. The highest BCUT2D eigenvalue weighted by Gasteiger charge is 2.03. The Kier molecular flexibility index (Phi) is 7.14. The van der Waals surface area contributed by atoms with Gasteiger partial charge in [-0.15, -0.1) is 11.8 Å². The third kappa shape index (κ3) is 5.90. The first-order valence-corrected chi connectivity index (χ1v) is 9.04. The fourth-order valence-electron chi connectivity index (χ4n) is 1.87. The van der Waals surface area contributed by atoms with Gasteiger partial charge in [0.2, 0.25) is 5.91 Å². The molecule has 0 aliphatic carbocycles. The number of benzene rings is 2. The lowest BCUT2D eigenvalue weighted by atomic mass is 10.2. The van der Waals surface area contributed by atoms with Crippen LogP contribution in [0, 0.1) is 0 Å². The Hall–Kier alpha value is -1.99. The molecule has 2 aromatic carbocycles. The molecule has 0 spiro atoms. The van der Waals surface area contributed by atoms with E-state index < -0.39 is 0 Å². The molecule has 0 aromatic heterocycles. The molecule has 1 amide bonds. The van der Waals surface area contributed by atoms with Gasteiger partial charge in [0, 0.05) is 10.2 Å². The molecule has 0 fully saturated rings. The van der Waals surface area contributed by atoms with E-state index in [9.17, 15) is 9.90 Å². The van der Waals surface area contributed by atoms with Crippen LogP contribution in [0.15, 0.2) is 52.0 Å². The lowest BCUT2D eigenvalue weighted by Gasteiger charge is -2.04. The largest absolute Gasteiger partial charge is 0.504 e. The highest BCUT2D eigenvalue weighted by atomic mass is 79.9. The van der Waals surface area contributed by atoms with Crippen molar-refractivity contribution in [2.45, 2.75) is 5.75 Å². The quantitative estimate of drug-likeness (QED) is 0.542. The number of phenolic OH excluding ortho intramolecular Hbond substituents is 1. The van der Waals surface area contributed by atoms with Crippen molar-refractivity contribution in [1.82, 2.24) is 5.43 Å². The maximum absolute atomic E-state index is 11.7. The summed E-state index contributed by atoms with van der Waals surface area (Å²) in [6, 6.07) is 12.8. The van der Waals surface area contributed by atoms with Crippen LogP contribution in [0.4, 0.5) is 0 Å². The second kappa shape index (κ2) is 9.34. The number of methoxy groups -OCH3 is 1. The number of halogens is 1. The van der Waals surface area contributed by atoms with E-state index in [-0.39, 0.29) is 11.7 Å². The minimum Gasteiger partial charge on any atom is -0.504 e. The lowest BCUT2D eigenvalue weighted by molar-refractivity contribution is -0.118. The third-order valence-electron chi connectivity index (χ3n) is 3.00. The van der Waals surface area contributed by atoms with Gasteiger partial charge < -0.3 is 9.84 Å². The molecule has 0 radical (unpaired) electrons. The van der Waals surface area contributed by atoms with E-state index in [2.05, 4.69) is 26.5 Å². The van der Waals surface area contributed by atoms with Crippen LogP contribution in [0.1, 0.15) is 11.1 Å². The van der Waals surface area contributed by atoms with E-state index in [4.69, 9.17) is 4.74 Å². The van der Waals surface area contributed by atoms with Gasteiger partial charge >= 0.3 is 0 Å². The van der Waals surface area contributed by atoms with Gasteiger partial charge in [-0.25, -0.2) is 5.43 Å². The normalized spacial score (nSPS) is 10.8. The van der Waals surface area contributed by atoms with Crippen molar-refractivity contribution < 1.29 is 14.6 Å². The molecule has 126 valence electrons. The van der Waals surface area contributed by atoms with Crippen LogP contribution >= 0.6 is 27.7 Å². The number of thioether (sulfide) groups is 1. The van der Waals surface area contributed by atoms with Gasteiger partial charge in [-0.2, -0.15) is 5.10 Å². The molecular weight excluding hydrogens is 392 g/mol. The van der Waals surface area contributed by atoms with Crippen molar-refractivity contribution in [3.05, 3.63) is 58.1 Å². The molecule has 5 nitrogen and oxygen atoms in total. The summed E-state index contributed by atoms with van der Waals surface area (Å²) in [4.78, 5) is 11.7. The monoisotopic (exact) mass is 408 g/mol. The first-order valence-electron chi connectivity index (χ1n) is 7.09. The molecule has 24 heavy (non-hydrogen) atoms. The molecule has 0 aliphatic rings. The molecule has 0 saturated carbocycles. The average molecular weight is 409 g/mol. The Morgan fingerprint density at radius 1 is 1.38 bits per heavy atom. The number of carbonyl (C=O) groups is 1. The van der Waals surface area contributed by atoms with Crippen molar-refractivity contribution >= 4 is 39.8 Å². The summed E-state index contributed by atoms with van der Waals surface area (Å²) in [5.74, 6) is 1.32. The van der Waals surface area contributed by atoms with E-state index in [0.717, 1.165) is 15.8 Å². The molecule has 7 heteroatoms. The van der Waals surface area contributed by atoms with E-state index in [1.165, 1.54) is 31.2 Å². The number of nitrogens with zero attached hydrogens (tertiary/aromatic N) is 1. The molecule has 2 aromatic rings. The highest BCUT2D eigenvalue weighted by Crippen LogP contribution is 2.25. The van der Waals surface area contributed by atoms with E-state index in [1.54, 1.807) is 12.1 Å².